The summed E-state index contributed by atoms with van der Waals surface area (Å²) in [6.45, 7) is 10.9. The van der Waals surface area contributed by atoms with Crippen molar-refractivity contribution in [1.29, 1.82) is 0 Å². The maximum Gasteiger partial charge on any atom is 0.573 e. The highest BCUT2D eigenvalue weighted by molar-refractivity contribution is 5.38. The molecule has 23 heavy (non-hydrogen) atoms. The summed E-state index contributed by atoms with van der Waals surface area (Å²) in [5, 5.41) is 0. The quantitative estimate of drug-likeness (QED) is 0.763. The Bertz CT molecular complexity index is 526. The van der Waals surface area contributed by atoms with E-state index in [1.807, 2.05) is 26.8 Å². The standard InChI is InChI=1S/C18H26F3NO/c1-13-5-7-22(8-6-13)12-14-9-15(17(2,3)4)11-16(10-14)23-18(19,20)21/h9-11,13H,5-8,12H2,1-4H3. The third kappa shape index (κ3) is 5.72. The Morgan fingerprint density at radius 1 is 1.09 bits per heavy atom. The van der Waals surface area contributed by atoms with Gasteiger partial charge in [0, 0.05) is 6.54 Å². The Morgan fingerprint density at radius 2 is 1.70 bits per heavy atom. The maximum absolute atomic E-state index is 12.6. The molecule has 1 fully saturated rings. The van der Waals surface area contributed by atoms with Crippen molar-refractivity contribution in [3.63, 3.8) is 0 Å². The predicted molar refractivity (Wildman–Crippen MR) is 85.5 cm³/mol. The zero-order valence-electron chi connectivity index (χ0n) is 14.3. The normalized spacial score (nSPS) is 18.2. The smallest absolute Gasteiger partial charge is 0.406 e. The highest BCUT2D eigenvalue weighted by Gasteiger charge is 2.32. The number of rotatable bonds is 3. The van der Waals surface area contributed by atoms with Gasteiger partial charge in [-0.1, -0.05) is 33.8 Å². The maximum atomic E-state index is 12.6. The van der Waals surface area contributed by atoms with Crippen LogP contribution in [0.4, 0.5) is 13.2 Å². The molecule has 1 heterocycles. The number of nitrogens with zero attached hydrogens (tertiary/aromatic N) is 1. The van der Waals surface area contributed by atoms with Gasteiger partial charge in [0.25, 0.3) is 0 Å². The van der Waals surface area contributed by atoms with Crippen molar-refractivity contribution < 1.29 is 17.9 Å². The van der Waals surface area contributed by atoms with Crippen LogP contribution in [0.5, 0.6) is 5.75 Å². The van der Waals surface area contributed by atoms with Crippen LogP contribution >= 0.6 is 0 Å². The highest BCUT2D eigenvalue weighted by Crippen LogP contribution is 2.31. The molecule has 0 bridgehead atoms. The topological polar surface area (TPSA) is 12.5 Å². The van der Waals surface area contributed by atoms with Crippen molar-refractivity contribution in [2.75, 3.05) is 13.1 Å². The summed E-state index contributed by atoms with van der Waals surface area (Å²) in [7, 11) is 0. The molecule has 1 aromatic carbocycles. The average Bonchev–Trinajstić information content (AvgIpc) is 2.38. The second kappa shape index (κ2) is 6.71. The van der Waals surface area contributed by atoms with Gasteiger partial charge in [0.2, 0.25) is 0 Å². The van der Waals surface area contributed by atoms with Crippen LogP contribution < -0.4 is 4.74 Å². The van der Waals surface area contributed by atoms with Gasteiger partial charge in [-0.25, -0.2) is 0 Å². The molecule has 0 amide bonds. The van der Waals surface area contributed by atoms with Crippen molar-refractivity contribution in [1.82, 2.24) is 4.90 Å². The third-order valence-corrected chi connectivity index (χ3v) is 4.35. The number of piperidine rings is 1. The lowest BCUT2D eigenvalue weighted by Gasteiger charge is -2.31. The number of hydrogen-bond acceptors (Lipinski definition) is 2. The predicted octanol–water partition coefficient (Wildman–Crippen LogP) is 5.11. The summed E-state index contributed by atoms with van der Waals surface area (Å²) in [4.78, 5) is 2.30. The molecule has 2 nitrogen and oxygen atoms in total. The van der Waals surface area contributed by atoms with Gasteiger partial charge in [0.15, 0.2) is 0 Å². The van der Waals surface area contributed by atoms with Gasteiger partial charge in [-0.3, -0.25) is 4.90 Å². The Kier molecular flexibility index (Phi) is 5.29. The summed E-state index contributed by atoms with van der Waals surface area (Å²) in [5.41, 5.74) is 1.52. The molecule has 130 valence electrons. The molecule has 0 saturated carbocycles. The zero-order chi connectivity index (χ0) is 17.3. The van der Waals surface area contributed by atoms with Crippen molar-refractivity contribution in [2.24, 2.45) is 5.92 Å². The summed E-state index contributed by atoms with van der Waals surface area (Å²) in [6.07, 6.45) is -2.37. The Balaban J connectivity index is 2.21. The van der Waals surface area contributed by atoms with Gasteiger partial charge in [-0.05, 0) is 60.5 Å². The van der Waals surface area contributed by atoms with E-state index in [9.17, 15) is 13.2 Å². The first-order chi connectivity index (χ1) is 10.5. The molecule has 0 aromatic heterocycles. The van der Waals surface area contributed by atoms with Gasteiger partial charge >= 0.3 is 6.36 Å². The molecule has 0 N–H and O–H groups in total. The van der Waals surface area contributed by atoms with E-state index in [1.165, 1.54) is 12.1 Å². The van der Waals surface area contributed by atoms with Crippen LogP contribution in [-0.2, 0) is 12.0 Å². The average molecular weight is 329 g/mol. The molecular weight excluding hydrogens is 303 g/mol. The second-order valence-corrected chi connectivity index (χ2v) is 7.62. The molecule has 1 aliphatic rings. The molecule has 1 saturated heterocycles. The van der Waals surface area contributed by atoms with E-state index in [4.69, 9.17) is 0 Å². The van der Waals surface area contributed by atoms with Crippen LogP contribution in [0, 0.1) is 5.92 Å². The Hall–Kier alpha value is -1.23. The van der Waals surface area contributed by atoms with E-state index in [2.05, 4.69) is 16.6 Å². The molecule has 0 radical (unpaired) electrons. The van der Waals surface area contributed by atoms with Gasteiger partial charge < -0.3 is 4.74 Å². The number of benzene rings is 1. The van der Waals surface area contributed by atoms with Gasteiger partial charge in [0.05, 0.1) is 0 Å². The molecular formula is C18H26F3NO. The van der Waals surface area contributed by atoms with Crippen LogP contribution in [0.2, 0.25) is 0 Å². The van der Waals surface area contributed by atoms with Crippen LogP contribution in [0.1, 0.15) is 51.7 Å². The lowest BCUT2D eigenvalue weighted by molar-refractivity contribution is -0.274. The van der Waals surface area contributed by atoms with Crippen LogP contribution in [-0.4, -0.2) is 24.4 Å². The monoisotopic (exact) mass is 329 g/mol. The molecule has 1 aliphatic heterocycles. The lowest BCUT2D eigenvalue weighted by atomic mass is 9.86. The molecule has 5 heteroatoms. The zero-order valence-corrected chi connectivity index (χ0v) is 14.3. The largest absolute Gasteiger partial charge is 0.573 e. The molecule has 0 unspecified atom stereocenters. The van der Waals surface area contributed by atoms with Gasteiger partial charge in [-0.2, -0.15) is 0 Å². The lowest BCUT2D eigenvalue weighted by Crippen LogP contribution is -2.32. The van der Waals surface area contributed by atoms with Crippen LogP contribution in [0.15, 0.2) is 18.2 Å². The van der Waals surface area contributed by atoms with Crippen LogP contribution in [0.25, 0.3) is 0 Å². The summed E-state index contributed by atoms with van der Waals surface area (Å²) in [5.74, 6) is 0.613. The van der Waals surface area contributed by atoms with Crippen molar-refractivity contribution in [3.8, 4) is 5.75 Å². The first kappa shape index (κ1) is 18.1. The van der Waals surface area contributed by atoms with Gasteiger partial charge in [-0.15, -0.1) is 13.2 Å². The fraction of sp³-hybridized carbons (Fsp3) is 0.667. The van der Waals surface area contributed by atoms with Gasteiger partial charge in [0.1, 0.15) is 5.75 Å². The second-order valence-electron chi connectivity index (χ2n) is 7.62. The molecule has 2 rings (SSSR count). The molecule has 0 spiro atoms. The third-order valence-electron chi connectivity index (χ3n) is 4.35. The fourth-order valence-electron chi connectivity index (χ4n) is 2.86. The number of halogens is 3. The molecule has 0 aliphatic carbocycles. The van der Waals surface area contributed by atoms with E-state index in [-0.39, 0.29) is 11.2 Å². The number of likely N-dealkylation sites (tertiary alicyclic amines) is 1. The number of ether oxygens (including phenoxy) is 1. The van der Waals surface area contributed by atoms with E-state index < -0.39 is 6.36 Å². The SMILES string of the molecule is CC1CCN(Cc2cc(OC(F)(F)F)cc(C(C)(C)C)c2)CC1. The first-order valence-electron chi connectivity index (χ1n) is 8.15. The number of alkyl halides is 3. The summed E-state index contributed by atoms with van der Waals surface area (Å²) < 4.78 is 41.9. The Morgan fingerprint density at radius 3 is 2.22 bits per heavy atom. The van der Waals surface area contributed by atoms with Crippen LogP contribution in [0.3, 0.4) is 0 Å². The molecule has 1 aromatic rings. The van der Waals surface area contributed by atoms with Crippen molar-refractivity contribution >= 4 is 0 Å². The minimum atomic E-state index is -4.66. The molecule has 0 atom stereocenters. The van der Waals surface area contributed by atoms with Crippen molar-refractivity contribution in [2.45, 2.75) is 58.9 Å². The fourth-order valence-corrected chi connectivity index (χ4v) is 2.86. The summed E-state index contributed by atoms with van der Waals surface area (Å²) >= 11 is 0. The minimum Gasteiger partial charge on any atom is -0.406 e. The number of hydrogen-bond donors (Lipinski definition) is 0. The summed E-state index contributed by atoms with van der Waals surface area (Å²) in [6, 6.07) is 5.01. The highest BCUT2D eigenvalue weighted by atomic mass is 19.4. The Labute approximate surface area is 136 Å². The van der Waals surface area contributed by atoms with E-state index >= 15 is 0 Å². The van der Waals surface area contributed by atoms with E-state index in [1.54, 1.807) is 0 Å². The first-order valence-corrected chi connectivity index (χ1v) is 8.15. The minimum absolute atomic E-state index is 0.120. The van der Waals surface area contributed by atoms with Crippen molar-refractivity contribution in [3.05, 3.63) is 29.3 Å². The van der Waals surface area contributed by atoms with E-state index in [0.717, 1.165) is 43.0 Å². The van der Waals surface area contributed by atoms with E-state index in [0.29, 0.717) is 6.54 Å².